The number of nitrogens with one attached hydrogen (secondary N) is 1. The van der Waals surface area contributed by atoms with Gasteiger partial charge in [0.1, 0.15) is 5.82 Å². The van der Waals surface area contributed by atoms with Gasteiger partial charge < -0.3 is 5.32 Å². The van der Waals surface area contributed by atoms with Gasteiger partial charge in [0.15, 0.2) is 0 Å². The Morgan fingerprint density at radius 3 is 2.83 bits per heavy atom. The van der Waals surface area contributed by atoms with E-state index in [1.807, 2.05) is 6.07 Å². The van der Waals surface area contributed by atoms with Gasteiger partial charge in [0.25, 0.3) is 0 Å². The molecule has 0 bridgehead atoms. The van der Waals surface area contributed by atoms with Crippen molar-refractivity contribution in [1.29, 1.82) is 0 Å². The zero-order valence-corrected chi connectivity index (χ0v) is 11.8. The van der Waals surface area contributed by atoms with E-state index in [1.165, 1.54) is 31.7 Å². The van der Waals surface area contributed by atoms with Gasteiger partial charge in [-0.15, -0.1) is 11.8 Å². The molecule has 0 heterocycles. The van der Waals surface area contributed by atoms with Crippen LogP contribution < -0.4 is 5.32 Å². The van der Waals surface area contributed by atoms with Gasteiger partial charge in [-0.2, -0.15) is 0 Å². The lowest BCUT2D eigenvalue weighted by Gasteiger charge is -2.23. The van der Waals surface area contributed by atoms with Crippen LogP contribution in [0.2, 0.25) is 0 Å². The second kappa shape index (κ2) is 7.15. The quantitative estimate of drug-likeness (QED) is 0.779. The van der Waals surface area contributed by atoms with E-state index in [-0.39, 0.29) is 5.82 Å². The summed E-state index contributed by atoms with van der Waals surface area (Å²) in [6.07, 6.45) is 5.44. The number of halogens is 1. The topological polar surface area (TPSA) is 12.0 Å². The Morgan fingerprint density at radius 2 is 2.17 bits per heavy atom. The predicted molar refractivity (Wildman–Crippen MR) is 76.5 cm³/mol. The fourth-order valence-corrected chi connectivity index (χ4v) is 3.86. The highest BCUT2D eigenvalue weighted by Gasteiger charge is 2.24. The van der Waals surface area contributed by atoms with E-state index in [0.717, 1.165) is 23.1 Å². The van der Waals surface area contributed by atoms with Crippen LogP contribution in [0, 0.1) is 11.7 Å². The molecule has 0 radical (unpaired) electrons. The molecule has 0 aliphatic heterocycles. The Morgan fingerprint density at radius 1 is 1.39 bits per heavy atom. The number of benzene rings is 1. The maximum absolute atomic E-state index is 13.1. The molecule has 1 aliphatic rings. The van der Waals surface area contributed by atoms with Crippen molar-refractivity contribution in [2.75, 3.05) is 12.3 Å². The van der Waals surface area contributed by atoms with Crippen molar-refractivity contribution in [2.24, 2.45) is 5.92 Å². The molecule has 1 N–H and O–H groups in total. The monoisotopic (exact) mass is 267 g/mol. The van der Waals surface area contributed by atoms with Crippen molar-refractivity contribution in [3.8, 4) is 0 Å². The van der Waals surface area contributed by atoms with Crippen LogP contribution >= 0.6 is 11.8 Å². The second-order valence-electron chi connectivity index (χ2n) is 4.98. The van der Waals surface area contributed by atoms with E-state index in [0.29, 0.717) is 6.04 Å². The van der Waals surface area contributed by atoms with E-state index in [4.69, 9.17) is 0 Å². The van der Waals surface area contributed by atoms with Crippen LogP contribution in [0.5, 0.6) is 0 Å². The summed E-state index contributed by atoms with van der Waals surface area (Å²) in [4.78, 5) is 1.04. The van der Waals surface area contributed by atoms with Gasteiger partial charge in [-0.1, -0.05) is 25.8 Å². The fraction of sp³-hybridized carbons (Fsp3) is 0.600. The predicted octanol–water partition coefficient (Wildman–Crippen LogP) is 4.09. The van der Waals surface area contributed by atoms with Crippen molar-refractivity contribution >= 4 is 11.8 Å². The van der Waals surface area contributed by atoms with Crippen molar-refractivity contribution < 1.29 is 4.39 Å². The number of hydrogen-bond donors (Lipinski definition) is 1. The SMILES string of the molecule is CCNC(CSc1cccc(F)c1)C1CCCC1. The molecule has 18 heavy (non-hydrogen) atoms. The number of rotatable bonds is 6. The summed E-state index contributed by atoms with van der Waals surface area (Å²) in [7, 11) is 0. The standard InChI is InChI=1S/C15H22FNS/c1-2-17-15(12-6-3-4-7-12)11-18-14-9-5-8-13(16)10-14/h5,8-10,12,15,17H,2-4,6-7,11H2,1H3. The number of thioether (sulfide) groups is 1. The molecule has 1 saturated carbocycles. The van der Waals surface area contributed by atoms with Crippen LogP contribution in [-0.4, -0.2) is 18.3 Å². The molecule has 3 heteroatoms. The van der Waals surface area contributed by atoms with Crippen LogP contribution in [0.4, 0.5) is 4.39 Å². The average molecular weight is 267 g/mol. The van der Waals surface area contributed by atoms with E-state index >= 15 is 0 Å². The largest absolute Gasteiger partial charge is 0.313 e. The average Bonchev–Trinajstić information content (AvgIpc) is 2.88. The molecule has 0 saturated heterocycles. The lowest BCUT2D eigenvalue weighted by molar-refractivity contribution is 0.394. The van der Waals surface area contributed by atoms with Crippen molar-refractivity contribution in [3.63, 3.8) is 0 Å². The molecule has 0 spiro atoms. The second-order valence-corrected chi connectivity index (χ2v) is 6.07. The van der Waals surface area contributed by atoms with E-state index in [9.17, 15) is 4.39 Å². The molecule has 0 aromatic heterocycles. The first-order valence-electron chi connectivity index (χ1n) is 6.91. The highest BCUT2D eigenvalue weighted by Crippen LogP contribution is 2.30. The Balaban J connectivity index is 1.88. The minimum Gasteiger partial charge on any atom is -0.313 e. The maximum Gasteiger partial charge on any atom is 0.124 e. The molecule has 1 aliphatic carbocycles. The van der Waals surface area contributed by atoms with Gasteiger partial charge in [-0.05, 0) is 43.5 Å². The first-order chi connectivity index (χ1) is 8.79. The first kappa shape index (κ1) is 13.9. The first-order valence-corrected chi connectivity index (χ1v) is 7.90. The number of hydrogen-bond acceptors (Lipinski definition) is 2. The van der Waals surface area contributed by atoms with Crippen molar-refractivity contribution in [1.82, 2.24) is 5.32 Å². The molecule has 1 fully saturated rings. The van der Waals surface area contributed by atoms with Gasteiger partial charge in [0.05, 0.1) is 0 Å². The summed E-state index contributed by atoms with van der Waals surface area (Å²) < 4.78 is 13.1. The lowest BCUT2D eigenvalue weighted by Crippen LogP contribution is -2.37. The molecule has 1 unspecified atom stereocenters. The third kappa shape index (κ3) is 3.99. The van der Waals surface area contributed by atoms with Crippen molar-refractivity contribution in [3.05, 3.63) is 30.1 Å². The van der Waals surface area contributed by atoms with Crippen molar-refractivity contribution in [2.45, 2.75) is 43.5 Å². The summed E-state index contributed by atoms with van der Waals surface area (Å²) in [5.74, 6) is 1.72. The van der Waals surface area contributed by atoms with Crippen LogP contribution in [0.1, 0.15) is 32.6 Å². The zero-order chi connectivity index (χ0) is 12.8. The summed E-state index contributed by atoms with van der Waals surface area (Å²) in [5, 5.41) is 3.59. The summed E-state index contributed by atoms with van der Waals surface area (Å²) >= 11 is 1.77. The molecular weight excluding hydrogens is 245 g/mol. The normalized spacial score (nSPS) is 18.1. The Bertz CT molecular complexity index is 363. The molecular formula is C15H22FNS. The smallest absolute Gasteiger partial charge is 0.124 e. The molecule has 1 nitrogen and oxygen atoms in total. The Labute approximate surface area is 114 Å². The minimum atomic E-state index is -0.138. The molecule has 1 aromatic carbocycles. The van der Waals surface area contributed by atoms with E-state index in [2.05, 4.69) is 12.2 Å². The van der Waals surface area contributed by atoms with Gasteiger partial charge in [-0.25, -0.2) is 4.39 Å². The van der Waals surface area contributed by atoms with E-state index in [1.54, 1.807) is 23.9 Å². The Kier molecular flexibility index (Phi) is 5.51. The zero-order valence-electron chi connectivity index (χ0n) is 11.0. The molecule has 1 atom stereocenters. The van der Waals surface area contributed by atoms with Gasteiger partial charge >= 0.3 is 0 Å². The van der Waals surface area contributed by atoms with Crippen LogP contribution in [0.25, 0.3) is 0 Å². The summed E-state index contributed by atoms with van der Waals surface area (Å²) in [5.41, 5.74) is 0. The third-order valence-electron chi connectivity index (χ3n) is 3.66. The van der Waals surface area contributed by atoms with Gasteiger partial charge in [-0.3, -0.25) is 0 Å². The highest BCUT2D eigenvalue weighted by atomic mass is 32.2. The molecule has 100 valence electrons. The van der Waals surface area contributed by atoms with Crippen LogP contribution in [0.15, 0.2) is 29.2 Å². The third-order valence-corrected chi connectivity index (χ3v) is 4.77. The van der Waals surface area contributed by atoms with Crippen LogP contribution in [-0.2, 0) is 0 Å². The minimum absolute atomic E-state index is 0.138. The van der Waals surface area contributed by atoms with Crippen LogP contribution in [0.3, 0.4) is 0 Å². The highest BCUT2D eigenvalue weighted by molar-refractivity contribution is 7.99. The maximum atomic E-state index is 13.1. The fourth-order valence-electron chi connectivity index (χ4n) is 2.73. The molecule has 1 aromatic rings. The summed E-state index contributed by atoms with van der Waals surface area (Å²) in [6, 6.07) is 7.48. The lowest BCUT2D eigenvalue weighted by atomic mass is 10.00. The summed E-state index contributed by atoms with van der Waals surface area (Å²) in [6.45, 7) is 3.18. The Hall–Kier alpha value is -0.540. The molecule has 2 rings (SSSR count). The molecule has 0 amide bonds. The van der Waals surface area contributed by atoms with Gasteiger partial charge in [0.2, 0.25) is 0 Å². The van der Waals surface area contributed by atoms with E-state index < -0.39 is 0 Å². The van der Waals surface area contributed by atoms with Gasteiger partial charge in [0, 0.05) is 16.7 Å².